The van der Waals surface area contributed by atoms with Crippen molar-refractivity contribution in [1.82, 2.24) is 9.55 Å². The van der Waals surface area contributed by atoms with Crippen LogP contribution in [-0.2, 0) is 0 Å². The molecule has 3 aromatic rings. The molecule has 3 rings (SSSR count). The zero-order valence-corrected chi connectivity index (χ0v) is 18.7. The van der Waals surface area contributed by atoms with Crippen LogP contribution in [0.15, 0.2) is 66.5 Å². The molecule has 5 nitrogen and oxygen atoms in total. The van der Waals surface area contributed by atoms with E-state index in [4.69, 9.17) is 9.47 Å². The van der Waals surface area contributed by atoms with Gasteiger partial charge < -0.3 is 9.47 Å². The van der Waals surface area contributed by atoms with Crippen molar-refractivity contribution in [3.63, 3.8) is 0 Å². The fraction of sp³-hybridized carbons (Fsp3) is 0.308. The quantitative estimate of drug-likeness (QED) is 0.406. The van der Waals surface area contributed by atoms with E-state index in [2.05, 4.69) is 44.1 Å². The number of fused-ring (bicyclic) bond motifs is 1. The molecular weight excluding hydrogens is 388 g/mol. The first kappa shape index (κ1) is 22.3. The largest absolute Gasteiger partial charge is 0.486 e. The Bertz CT molecular complexity index is 1140. The molecule has 162 valence electrons. The van der Waals surface area contributed by atoms with Crippen LogP contribution in [0.3, 0.4) is 0 Å². The van der Waals surface area contributed by atoms with E-state index < -0.39 is 0 Å². The highest BCUT2D eigenvalue weighted by atomic mass is 16.5. The second-order valence-corrected chi connectivity index (χ2v) is 8.00. The van der Waals surface area contributed by atoms with Crippen LogP contribution in [0.1, 0.15) is 45.2 Å². The lowest BCUT2D eigenvalue weighted by molar-refractivity contribution is 0.309. The summed E-state index contributed by atoms with van der Waals surface area (Å²) < 4.78 is 13.4. The molecule has 0 aliphatic carbocycles. The average molecular weight is 419 g/mol. The van der Waals surface area contributed by atoms with Gasteiger partial charge in [0, 0.05) is 23.1 Å². The van der Waals surface area contributed by atoms with Crippen molar-refractivity contribution < 1.29 is 9.47 Å². The standard InChI is InChI=1S/C26H30N2O3/c1-7-13-30-23-15-21-22(16-24(23)31-14-8-2)28(18(5)6)26(29)27-25(21)20-11-9-19(10-12-20)17(3)4/h7-12,15-18H,1-2,13-14H2,3-6H3. The molecule has 5 heteroatoms. The molecule has 0 atom stereocenters. The van der Waals surface area contributed by atoms with E-state index in [-0.39, 0.29) is 11.7 Å². The highest BCUT2D eigenvalue weighted by Crippen LogP contribution is 2.37. The molecule has 0 spiro atoms. The van der Waals surface area contributed by atoms with Crippen molar-refractivity contribution in [1.29, 1.82) is 0 Å². The van der Waals surface area contributed by atoms with Gasteiger partial charge in [0.05, 0.1) is 11.2 Å². The molecule has 2 aromatic carbocycles. The zero-order chi connectivity index (χ0) is 22.5. The number of nitrogens with zero attached hydrogens (tertiary/aromatic N) is 2. The first-order chi connectivity index (χ1) is 14.9. The number of hydrogen-bond acceptors (Lipinski definition) is 4. The summed E-state index contributed by atoms with van der Waals surface area (Å²) in [6.07, 6.45) is 3.35. The first-order valence-electron chi connectivity index (χ1n) is 10.5. The number of aromatic nitrogens is 2. The molecule has 1 aromatic heterocycles. The van der Waals surface area contributed by atoms with Gasteiger partial charge in [0.15, 0.2) is 11.5 Å². The van der Waals surface area contributed by atoms with Gasteiger partial charge in [-0.05, 0) is 31.4 Å². The summed E-state index contributed by atoms with van der Waals surface area (Å²) in [5, 5.41) is 0.829. The lowest BCUT2D eigenvalue weighted by atomic mass is 9.99. The topological polar surface area (TPSA) is 53.3 Å². The summed E-state index contributed by atoms with van der Waals surface area (Å²) in [5.41, 5.74) is 3.21. The Morgan fingerprint density at radius 3 is 2.06 bits per heavy atom. The van der Waals surface area contributed by atoms with E-state index in [1.54, 1.807) is 16.7 Å². The van der Waals surface area contributed by atoms with Gasteiger partial charge in [-0.2, -0.15) is 4.98 Å². The number of hydrogen-bond donors (Lipinski definition) is 0. The molecule has 0 saturated heterocycles. The predicted molar refractivity (Wildman–Crippen MR) is 127 cm³/mol. The smallest absolute Gasteiger partial charge is 0.348 e. The number of ether oxygens (including phenoxy) is 2. The molecule has 0 unspecified atom stereocenters. The summed E-state index contributed by atoms with van der Waals surface area (Å²) in [7, 11) is 0. The summed E-state index contributed by atoms with van der Waals surface area (Å²) in [6, 6.07) is 11.9. The second-order valence-electron chi connectivity index (χ2n) is 8.00. The molecule has 0 bridgehead atoms. The summed E-state index contributed by atoms with van der Waals surface area (Å²) in [4.78, 5) is 17.4. The van der Waals surface area contributed by atoms with Crippen molar-refractivity contribution in [2.45, 2.75) is 39.7 Å². The lowest BCUT2D eigenvalue weighted by Gasteiger charge is -2.19. The van der Waals surface area contributed by atoms with E-state index >= 15 is 0 Å². The maximum atomic E-state index is 13.0. The molecule has 0 amide bonds. The number of benzene rings is 2. The molecule has 31 heavy (non-hydrogen) atoms. The van der Waals surface area contributed by atoms with E-state index in [1.807, 2.05) is 38.1 Å². The van der Waals surface area contributed by atoms with Gasteiger partial charge in [-0.1, -0.05) is 63.4 Å². The van der Waals surface area contributed by atoms with Gasteiger partial charge in [0.2, 0.25) is 0 Å². The van der Waals surface area contributed by atoms with Crippen LogP contribution >= 0.6 is 0 Å². The van der Waals surface area contributed by atoms with Gasteiger partial charge in [0.25, 0.3) is 0 Å². The summed E-state index contributed by atoms with van der Waals surface area (Å²) >= 11 is 0. The highest BCUT2D eigenvalue weighted by Gasteiger charge is 2.18. The zero-order valence-electron chi connectivity index (χ0n) is 18.7. The minimum absolute atomic E-state index is 0.0629. The third-order valence-corrected chi connectivity index (χ3v) is 5.07. The third-order valence-electron chi connectivity index (χ3n) is 5.07. The van der Waals surface area contributed by atoms with Crippen LogP contribution in [0.25, 0.3) is 22.2 Å². The predicted octanol–water partition coefficient (Wildman–Crippen LogP) is 5.90. The Kier molecular flexibility index (Phi) is 6.95. The Morgan fingerprint density at radius 2 is 1.55 bits per heavy atom. The van der Waals surface area contributed by atoms with Crippen molar-refractivity contribution in [2.75, 3.05) is 13.2 Å². The van der Waals surface area contributed by atoms with Gasteiger partial charge >= 0.3 is 5.69 Å². The minimum atomic E-state index is -0.292. The maximum absolute atomic E-state index is 13.0. The van der Waals surface area contributed by atoms with Crippen molar-refractivity contribution >= 4 is 10.9 Å². The molecule has 0 saturated carbocycles. The van der Waals surface area contributed by atoms with E-state index in [9.17, 15) is 4.79 Å². The van der Waals surface area contributed by atoms with Crippen molar-refractivity contribution in [3.8, 4) is 22.8 Å². The van der Waals surface area contributed by atoms with Crippen molar-refractivity contribution in [2.24, 2.45) is 0 Å². The van der Waals surface area contributed by atoms with Crippen LogP contribution in [0.5, 0.6) is 11.5 Å². The van der Waals surface area contributed by atoms with Gasteiger partial charge in [-0.25, -0.2) is 4.79 Å². The maximum Gasteiger partial charge on any atom is 0.348 e. The Hall–Kier alpha value is -3.34. The molecule has 0 aliphatic rings. The highest BCUT2D eigenvalue weighted by molar-refractivity contribution is 5.94. The van der Waals surface area contributed by atoms with E-state index in [0.29, 0.717) is 36.3 Å². The molecule has 0 N–H and O–H groups in total. The Morgan fingerprint density at radius 1 is 0.968 bits per heavy atom. The van der Waals surface area contributed by atoms with Gasteiger partial charge in [-0.3, -0.25) is 4.57 Å². The lowest BCUT2D eigenvalue weighted by Crippen LogP contribution is -2.25. The van der Waals surface area contributed by atoms with Crippen LogP contribution in [0, 0.1) is 0 Å². The van der Waals surface area contributed by atoms with Gasteiger partial charge in [0.1, 0.15) is 13.2 Å². The fourth-order valence-electron chi connectivity index (χ4n) is 3.52. The molecular formula is C26H30N2O3. The number of rotatable bonds is 9. The van der Waals surface area contributed by atoms with Crippen molar-refractivity contribution in [3.05, 3.63) is 77.8 Å². The second kappa shape index (κ2) is 9.65. The molecule has 0 aliphatic heterocycles. The Labute approximate surface area is 183 Å². The Balaban J connectivity index is 2.31. The molecule has 0 fully saturated rings. The fourth-order valence-corrected chi connectivity index (χ4v) is 3.52. The SMILES string of the molecule is C=CCOc1cc2c(-c3ccc(C(C)C)cc3)nc(=O)n(C(C)C)c2cc1OCC=C. The first-order valence-corrected chi connectivity index (χ1v) is 10.5. The van der Waals surface area contributed by atoms with E-state index in [1.165, 1.54) is 5.56 Å². The van der Waals surface area contributed by atoms with Crippen LogP contribution in [-0.4, -0.2) is 22.8 Å². The van der Waals surface area contributed by atoms with Gasteiger partial charge in [-0.15, -0.1) is 0 Å². The molecule has 1 heterocycles. The van der Waals surface area contributed by atoms with Crippen LogP contribution < -0.4 is 15.2 Å². The summed E-state index contributed by atoms with van der Waals surface area (Å²) in [5.74, 6) is 1.55. The minimum Gasteiger partial charge on any atom is -0.486 e. The van der Waals surface area contributed by atoms with Crippen LogP contribution in [0.4, 0.5) is 0 Å². The summed E-state index contributed by atoms with van der Waals surface area (Å²) in [6.45, 7) is 16.3. The van der Waals surface area contributed by atoms with E-state index in [0.717, 1.165) is 16.5 Å². The monoisotopic (exact) mass is 418 g/mol. The average Bonchev–Trinajstić information content (AvgIpc) is 2.75. The molecule has 0 radical (unpaired) electrons. The normalized spacial score (nSPS) is 11.2. The van der Waals surface area contributed by atoms with Crippen LogP contribution in [0.2, 0.25) is 0 Å². The third kappa shape index (κ3) is 4.71.